The Hall–Kier alpha value is -1.81. The summed E-state index contributed by atoms with van der Waals surface area (Å²) in [7, 11) is 0. The number of hydrogen-bond acceptors (Lipinski definition) is 3. The molecular weight excluding hydrogens is 286 g/mol. The number of carbonyl (C=O) groups excluding carboxylic acids is 1. The van der Waals surface area contributed by atoms with Crippen LogP contribution in [0.1, 0.15) is 19.8 Å². The number of pyridine rings is 1. The van der Waals surface area contributed by atoms with Crippen LogP contribution in [0.2, 0.25) is 5.15 Å². The third-order valence-electron chi connectivity index (χ3n) is 3.83. The molecule has 1 aromatic carbocycles. The summed E-state index contributed by atoms with van der Waals surface area (Å²) >= 11 is 6.29. The number of fused-ring (bicyclic) bond motifs is 1. The maximum absolute atomic E-state index is 11.2. The summed E-state index contributed by atoms with van der Waals surface area (Å²) in [4.78, 5) is 17.9. The summed E-state index contributed by atoms with van der Waals surface area (Å²) < 4.78 is 0. The van der Waals surface area contributed by atoms with Gasteiger partial charge in [0, 0.05) is 31.4 Å². The molecule has 5 heteroatoms. The minimum absolute atomic E-state index is 0.0198. The number of amides is 1. The van der Waals surface area contributed by atoms with Crippen LogP contribution in [-0.4, -0.2) is 30.0 Å². The minimum atomic E-state index is 0.0198. The lowest BCUT2D eigenvalue weighted by atomic mass is 10.1. The number of hydrogen-bond donors (Lipinski definition) is 1. The van der Waals surface area contributed by atoms with E-state index in [1.165, 1.54) is 0 Å². The van der Waals surface area contributed by atoms with Gasteiger partial charge in [-0.15, -0.1) is 0 Å². The Bertz CT molecular complexity index is 674. The second-order valence-electron chi connectivity index (χ2n) is 5.48. The summed E-state index contributed by atoms with van der Waals surface area (Å²) in [5.41, 5.74) is 0. The van der Waals surface area contributed by atoms with E-state index in [2.05, 4.69) is 21.3 Å². The lowest BCUT2D eigenvalue weighted by Gasteiger charge is -2.34. The normalized spacial score (nSPS) is 18.8. The van der Waals surface area contributed by atoms with Gasteiger partial charge >= 0.3 is 0 Å². The Morgan fingerprint density at radius 1 is 1.43 bits per heavy atom. The van der Waals surface area contributed by atoms with Gasteiger partial charge in [-0.3, -0.25) is 4.79 Å². The molecule has 2 heterocycles. The average Bonchev–Trinajstić information content (AvgIpc) is 2.47. The van der Waals surface area contributed by atoms with Gasteiger partial charge in [0.1, 0.15) is 11.0 Å². The van der Waals surface area contributed by atoms with Crippen molar-refractivity contribution in [3.8, 4) is 0 Å². The van der Waals surface area contributed by atoms with Crippen molar-refractivity contribution >= 4 is 34.1 Å². The lowest BCUT2D eigenvalue weighted by Crippen LogP contribution is -2.47. The van der Waals surface area contributed by atoms with Crippen molar-refractivity contribution in [3.63, 3.8) is 0 Å². The fourth-order valence-electron chi connectivity index (χ4n) is 2.90. The predicted octanol–water partition coefficient (Wildman–Crippen LogP) is 2.99. The molecule has 1 amide bonds. The number of anilines is 1. The fourth-order valence-corrected chi connectivity index (χ4v) is 3.15. The summed E-state index contributed by atoms with van der Waals surface area (Å²) in [6.07, 6.45) is 2.05. The molecule has 3 rings (SSSR count). The number of aromatic nitrogens is 1. The van der Waals surface area contributed by atoms with E-state index in [9.17, 15) is 4.79 Å². The lowest BCUT2D eigenvalue weighted by molar-refractivity contribution is -0.119. The van der Waals surface area contributed by atoms with Crippen LogP contribution in [0, 0.1) is 0 Å². The van der Waals surface area contributed by atoms with Crippen LogP contribution in [-0.2, 0) is 4.79 Å². The molecule has 1 atom stereocenters. The van der Waals surface area contributed by atoms with Gasteiger partial charge in [0.2, 0.25) is 5.91 Å². The Balaban J connectivity index is 1.87. The molecule has 1 fully saturated rings. The van der Waals surface area contributed by atoms with E-state index >= 15 is 0 Å². The van der Waals surface area contributed by atoms with Crippen molar-refractivity contribution in [1.29, 1.82) is 0 Å². The number of carbonyl (C=O) groups is 1. The molecule has 1 aliphatic heterocycles. The van der Waals surface area contributed by atoms with E-state index in [0.29, 0.717) is 5.15 Å². The minimum Gasteiger partial charge on any atom is -0.354 e. The standard InChI is InChI=1S/C16H18ClN3O/c1-11(21)18-13-6-4-8-20(10-13)15-9-12-5-2-3-7-14(12)16(17)19-15/h2-3,5,7,9,13H,4,6,8,10H2,1H3,(H,18,21)/t13-/m1/s1. The predicted molar refractivity (Wildman–Crippen MR) is 85.8 cm³/mol. The van der Waals surface area contributed by atoms with Crippen molar-refractivity contribution in [2.24, 2.45) is 0 Å². The zero-order chi connectivity index (χ0) is 14.8. The van der Waals surface area contributed by atoms with Crippen LogP contribution < -0.4 is 10.2 Å². The van der Waals surface area contributed by atoms with Crippen molar-refractivity contribution in [1.82, 2.24) is 10.3 Å². The molecule has 0 unspecified atom stereocenters. The molecule has 4 nitrogen and oxygen atoms in total. The quantitative estimate of drug-likeness (QED) is 0.868. The van der Waals surface area contributed by atoms with Gasteiger partial charge in [0.25, 0.3) is 0 Å². The van der Waals surface area contributed by atoms with Crippen molar-refractivity contribution in [2.75, 3.05) is 18.0 Å². The van der Waals surface area contributed by atoms with E-state index in [4.69, 9.17) is 11.6 Å². The van der Waals surface area contributed by atoms with Gasteiger partial charge in [-0.05, 0) is 24.3 Å². The number of halogens is 1. The van der Waals surface area contributed by atoms with Gasteiger partial charge in [-0.25, -0.2) is 4.98 Å². The second kappa shape index (κ2) is 5.90. The number of benzene rings is 1. The summed E-state index contributed by atoms with van der Waals surface area (Å²) in [6, 6.07) is 10.2. The smallest absolute Gasteiger partial charge is 0.217 e. The highest BCUT2D eigenvalue weighted by atomic mass is 35.5. The first-order valence-electron chi connectivity index (χ1n) is 7.21. The number of nitrogens with zero attached hydrogens (tertiary/aromatic N) is 2. The molecule has 0 bridgehead atoms. The van der Waals surface area contributed by atoms with Crippen molar-refractivity contribution < 1.29 is 4.79 Å². The van der Waals surface area contributed by atoms with Crippen LogP contribution in [0.3, 0.4) is 0 Å². The highest BCUT2D eigenvalue weighted by molar-refractivity contribution is 6.34. The van der Waals surface area contributed by atoms with Crippen LogP contribution in [0.25, 0.3) is 10.8 Å². The molecule has 1 aromatic heterocycles. The molecule has 0 radical (unpaired) electrons. The zero-order valence-electron chi connectivity index (χ0n) is 12.0. The fraction of sp³-hybridized carbons (Fsp3) is 0.375. The average molecular weight is 304 g/mol. The highest BCUT2D eigenvalue weighted by Crippen LogP contribution is 2.27. The Morgan fingerprint density at radius 3 is 3.05 bits per heavy atom. The first-order valence-corrected chi connectivity index (χ1v) is 7.58. The largest absolute Gasteiger partial charge is 0.354 e. The van der Waals surface area contributed by atoms with Crippen molar-refractivity contribution in [3.05, 3.63) is 35.5 Å². The second-order valence-corrected chi connectivity index (χ2v) is 5.84. The van der Waals surface area contributed by atoms with Crippen LogP contribution in [0.4, 0.5) is 5.82 Å². The molecular formula is C16H18ClN3O. The van der Waals surface area contributed by atoms with E-state index < -0.39 is 0 Å². The van der Waals surface area contributed by atoms with E-state index in [0.717, 1.165) is 42.5 Å². The van der Waals surface area contributed by atoms with Crippen LogP contribution >= 0.6 is 11.6 Å². The Kier molecular flexibility index (Phi) is 3.97. The topological polar surface area (TPSA) is 45.2 Å². The van der Waals surface area contributed by atoms with Gasteiger partial charge in [-0.1, -0.05) is 35.9 Å². The van der Waals surface area contributed by atoms with Gasteiger partial charge in [0.15, 0.2) is 0 Å². The molecule has 1 N–H and O–H groups in total. The van der Waals surface area contributed by atoms with Gasteiger partial charge < -0.3 is 10.2 Å². The number of rotatable bonds is 2. The highest BCUT2D eigenvalue weighted by Gasteiger charge is 2.22. The first kappa shape index (κ1) is 14.1. The monoisotopic (exact) mass is 303 g/mol. The molecule has 0 spiro atoms. The van der Waals surface area contributed by atoms with Gasteiger partial charge in [0.05, 0.1) is 0 Å². The molecule has 2 aromatic rings. The first-order chi connectivity index (χ1) is 10.1. The molecule has 0 aliphatic carbocycles. The van der Waals surface area contributed by atoms with Crippen LogP contribution in [0.5, 0.6) is 0 Å². The van der Waals surface area contributed by atoms with Crippen LogP contribution in [0.15, 0.2) is 30.3 Å². The van der Waals surface area contributed by atoms with E-state index in [1.807, 2.05) is 24.3 Å². The van der Waals surface area contributed by atoms with E-state index in [1.54, 1.807) is 6.92 Å². The molecule has 1 aliphatic rings. The Morgan fingerprint density at radius 2 is 2.24 bits per heavy atom. The molecule has 110 valence electrons. The third kappa shape index (κ3) is 3.10. The summed E-state index contributed by atoms with van der Waals surface area (Å²) in [6.45, 7) is 3.28. The third-order valence-corrected chi connectivity index (χ3v) is 4.12. The maximum Gasteiger partial charge on any atom is 0.217 e. The van der Waals surface area contributed by atoms with E-state index in [-0.39, 0.29) is 11.9 Å². The van der Waals surface area contributed by atoms with Crippen molar-refractivity contribution in [2.45, 2.75) is 25.8 Å². The summed E-state index contributed by atoms with van der Waals surface area (Å²) in [5, 5.41) is 5.59. The molecule has 0 saturated carbocycles. The molecule has 21 heavy (non-hydrogen) atoms. The zero-order valence-corrected chi connectivity index (χ0v) is 12.7. The Labute approximate surface area is 129 Å². The maximum atomic E-state index is 11.2. The number of piperidine rings is 1. The number of nitrogens with one attached hydrogen (secondary N) is 1. The SMILES string of the molecule is CC(=O)N[C@@H]1CCCN(c2cc3ccccc3c(Cl)n2)C1. The van der Waals surface area contributed by atoms with Gasteiger partial charge in [-0.2, -0.15) is 0 Å². The summed E-state index contributed by atoms with van der Waals surface area (Å²) in [5.74, 6) is 0.903. The molecule has 1 saturated heterocycles.